The Hall–Kier alpha value is -1.12. The molecule has 1 aromatic rings. The molecule has 1 fully saturated rings. The number of hydrogen-bond donors (Lipinski definition) is 0. The third-order valence-corrected chi connectivity index (χ3v) is 4.33. The highest BCUT2D eigenvalue weighted by Crippen LogP contribution is 2.38. The SMILES string of the molecule is C=CC[C@@]1(COC)CCN([C@H](C)c2ccccc2)C1. The van der Waals surface area contributed by atoms with E-state index in [9.17, 15) is 0 Å². The Bertz CT molecular complexity index is 403. The fraction of sp³-hybridized carbons (Fsp3) is 0.529. The van der Waals surface area contributed by atoms with Gasteiger partial charge in [-0.1, -0.05) is 36.4 Å². The highest BCUT2D eigenvalue weighted by atomic mass is 16.5. The summed E-state index contributed by atoms with van der Waals surface area (Å²) in [5, 5.41) is 0. The van der Waals surface area contributed by atoms with Crippen LogP contribution < -0.4 is 0 Å². The molecule has 1 heterocycles. The molecule has 0 unspecified atom stereocenters. The summed E-state index contributed by atoms with van der Waals surface area (Å²) in [7, 11) is 1.80. The Labute approximate surface area is 117 Å². The number of nitrogens with zero attached hydrogens (tertiary/aromatic N) is 1. The zero-order valence-corrected chi connectivity index (χ0v) is 12.1. The molecule has 1 aliphatic rings. The summed E-state index contributed by atoms with van der Waals surface area (Å²) in [6.07, 6.45) is 4.28. The van der Waals surface area contributed by atoms with Crippen LogP contribution in [0.2, 0.25) is 0 Å². The number of rotatable bonds is 6. The van der Waals surface area contributed by atoms with E-state index in [2.05, 4.69) is 48.7 Å². The maximum absolute atomic E-state index is 5.44. The van der Waals surface area contributed by atoms with Crippen LogP contribution in [0.5, 0.6) is 0 Å². The Morgan fingerprint density at radius 2 is 2.16 bits per heavy atom. The second kappa shape index (κ2) is 6.36. The molecule has 0 amide bonds. The highest BCUT2D eigenvalue weighted by Gasteiger charge is 2.38. The number of hydrogen-bond acceptors (Lipinski definition) is 2. The van der Waals surface area contributed by atoms with Gasteiger partial charge in [0.05, 0.1) is 6.61 Å². The summed E-state index contributed by atoms with van der Waals surface area (Å²) < 4.78 is 5.44. The van der Waals surface area contributed by atoms with Crippen LogP contribution in [0.1, 0.15) is 31.4 Å². The van der Waals surface area contributed by atoms with Crippen LogP contribution in [0.3, 0.4) is 0 Å². The third-order valence-electron chi connectivity index (χ3n) is 4.33. The molecule has 1 aromatic carbocycles. The van der Waals surface area contributed by atoms with Crippen molar-refractivity contribution in [2.24, 2.45) is 5.41 Å². The molecule has 0 spiro atoms. The second-order valence-electron chi connectivity index (χ2n) is 5.73. The number of methoxy groups -OCH3 is 1. The van der Waals surface area contributed by atoms with Gasteiger partial charge in [0.2, 0.25) is 0 Å². The third kappa shape index (κ3) is 3.26. The van der Waals surface area contributed by atoms with Crippen LogP contribution in [-0.2, 0) is 4.74 Å². The van der Waals surface area contributed by atoms with Crippen molar-refractivity contribution >= 4 is 0 Å². The van der Waals surface area contributed by atoms with E-state index in [4.69, 9.17) is 4.74 Å². The standard InChI is InChI=1S/C17H25NO/c1-4-10-17(14-19-3)11-12-18(13-17)15(2)16-8-6-5-7-9-16/h4-9,15H,1,10-14H2,2-3H3/t15-,17-/m1/s1. The van der Waals surface area contributed by atoms with Crippen molar-refractivity contribution in [3.05, 3.63) is 48.6 Å². The number of likely N-dealkylation sites (tertiary alicyclic amines) is 1. The normalized spacial score (nSPS) is 25.4. The van der Waals surface area contributed by atoms with E-state index in [1.807, 2.05) is 6.08 Å². The summed E-state index contributed by atoms with van der Waals surface area (Å²) in [5.41, 5.74) is 1.66. The van der Waals surface area contributed by atoms with Crippen LogP contribution in [-0.4, -0.2) is 31.7 Å². The van der Waals surface area contributed by atoms with E-state index in [0.717, 1.165) is 26.1 Å². The molecular weight excluding hydrogens is 234 g/mol. The monoisotopic (exact) mass is 259 g/mol. The van der Waals surface area contributed by atoms with Crippen molar-refractivity contribution in [3.8, 4) is 0 Å². The Morgan fingerprint density at radius 3 is 2.79 bits per heavy atom. The molecule has 0 N–H and O–H groups in total. The minimum atomic E-state index is 0.263. The average Bonchev–Trinajstić information content (AvgIpc) is 2.84. The molecule has 2 heteroatoms. The first kappa shape index (κ1) is 14.3. The summed E-state index contributed by atoms with van der Waals surface area (Å²) in [6.45, 7) is 9.28. The molecule has 2 rings (SSSR count). The molecule has 0 aliphatic carbocycles. The lowest BCUT2D eigenvalue weighted by Gasteiger charge is -2.30. The van der Waals surface area contributed by atoms with Crippen molar-refractivity contribution in [1.82, 2.24) is 4.90 Å². The zero-order valence-electron chi connectivity index (χ0n) is 12.1. The van der Waals surface area contributed by atoms with E-state index in [0.29, 0.717) is 6.04 Å². The van der Waals surface area contributed by atoms with Gasteiger partial charge in [-0.2, -0.15) is 0 Å². The van der Waals surface area contributed by atoms with E-state index >= 15 is 0 Å². The molecule has 0 saturated carbocycles. The van der Waals surface area contributed by atoms with Gasteiger partial charge in [-0.3, -0.25) is 4.90 Å². The smallest absolute Gasteiger partial charge is 0.0534 e. The van der Waals surface area contributed by atoms with Crippen molar-refractivity contribution in [3.63, 3.8) is 0 Å². The number of allylic oxidation sites excluding steroid dienone is 1. The maximum atomic E-state index is 5.44. The van der Waals surface area contributed by atoms with Crippen molar-refractivity contribution in [1.29, 1.82) is 0 Å². The van der Waals surface area contributed by atoms with E-state index < -0.39 is 0 Å². The molecule has 1 saturated heterocycles. The summed E-state index contributed by atoms with van der Waals surface area (Å²) in [5.74, 6) is 0. The molecule has 2 nitrogen and oxygen atoms in total. The van der Waals surface area contributed by atoms with Crippen LogP contribution in [0.4, 0.5) is 0 Å². The van der Waals surface area contributed by atoms with E-state index in [1.165, 1.54) is 12.0 Å². The van der Waals surface area contributed by atoms with E-state index in [-0.39, 0.29) is 5.41 Å². The van der Waals surface area contributed by atoms with Gasteiger partial charge in [-0.15, -0.1) is 6.58 Å². The summed E-state index contributed by atoms with van der Waals surface area (Å²) in [4.78, 5) is 2.57. The Morgan fingerprint density at radius 1 is 1.42 bits per heavy atom. The molecule has 0 radical (unpaired) electrons. The first-order chi connectivity index (χ1) is 9.21. The lowest BCUT2D eigenvalue weighted by atomic mass is 9.84. The Kier molecular flexibility index (Phi) is 4.78. The van der Waals surface area contributed by atoms with Crippen LogP contribution in [0.15, 0.2) is 43.0 Å². The van der Waals surface area contributed by atoms with Gasteiger partial charge in [-0.05, 0) is 31.9 Å². The van der Waals surface area contributed by atoms with E-state index in [1.54, 1.807) is 7.11 Å². The molecule has 0 bridgehead atoms. The lowest BCUT2D eigenvalue weighted by Crippen LogP contribution is -2.32. The molecule has 104 valence electrons. The highest BCUT2D eigenvalue weighted by molar-refractivity contribution is 5.19. The van der Waals surface area contributed by atoms with Crippen LogP contribution in [0, 0.1) is 5.41 Å². The minimum Gasteiger partial charge on any atom is -0.384 e. The first-order valence-electron chi connectivity index (χ1n) is 7.09. The summed E-state index contributed by atoms with van der Waals surface area (Å²) in [6, 6.07) is 11.2. The fourth-order valence-corrected chi connectivity index (χ4v) is 3.20. The van der Waals surface area contributed by atoms with Gasteiger partial charge in [0.1, 0.15) is 0 Å². The van der Waals surface area contributed by atoms with Crippen molar-refractivity contribution < 1.29 is 4.74 Å². The van der Waals surface area contributed by atoms with Crippen molar-refractivity contribution in [2.75, 3.05) is 26.8 Å². The van der Waals surface area contributed by atoms with Gasteiger partial charge < -0.3 is 4.74 Å². The first-order valence-corrected chi connectivity index (χ1v) is 7.09. The van der Waals surface area contributed by atoms with Gasteiger partial charge in [0.15, 0.2) is 0 Å². The largest absolute Gasteiger partial charge is 0.384 e. The average molecular weight is 259 g/mol. The fourth-order valence-electron chi connectivity index (χ4n) is 3.20. The minimum absolute atomic E-state index is 0.263. The molecular formula is C17H25NO. The van der Waals surface area contributed by atoms with Gasteiger partial charge in [0.25, 0.3) is 0 Å². The van der Waals surface area contributed by atoms with Gasteiger partial charge in [-0.25, -0.2) is 0 Å². The number of benzene rings is 1. The Balaban J connectivity index is 2.06. The van der Waals surface area contributed by atoms with Crippen LogP contribution >= 0.6 is 0 Å². The van der Waals surface area contributed by atoms with Gasteiger partial charge in [0, 0.05) is 25.1 Å². The molecule has 19 heavy (non-hydrogen) atoms. The lowest BCUT2D eigenvalue weighted by molar-refractivity contribution is 0.0811. The quantitative estimate of drug-likeness (QED) is 0.723. The van der Waals surface area contributed by atoms with Crippen LogP contribution in [0.25, 0.3) is 0 Å². The number of ether oxygens (including phenoxy) is 1. The molecule has 1 aliphatic heterocycles. The van der Waals surface area contributed by atoms with Gasteiger partial charge >= 0.3 is 0 Å². The molecule has 2 atom stereocenters. The predicted molar refractivity (Wildman–Crippen MR) is 80.2 cm³/mol. The topological polar surface area (TPSA) is 12.5 Å². The maximum Gasteiger partial charge on any atom is 0.0534 e. The predicted octanol–water partition coefficient (Wildman–Crippen LogP) is 3.66. The second-order valence-corrected chi connectivity index (χ2v) is 5.73. The molecule has 0 aromatic heterocycles. The van der Waals surface area contributed by atoms with Crippen molar-refractivity contribution in [2.45, 2.75) is 25.8 Å². The zero-order chi connectivity index (χ0) is 13.7. The summed E-state index contributed by atoms with van der Waals surface area (Å²) >= 11 is 0.